The molecule has 0 saturated heterocycles. The first kappa shape index (κ1) is 24.7. The minimum Gasteiger partial charge on any atom is -0.0853 e. The molecule has 0 heteroatoms. The molecular weight excluding hydrogens is 300 g/mol. The van der Waals surface area contributed by atoms with Gasteiger partial charge < -0.3 is 0 Å². The van der Waals surface area contributed by atoms with Gasteiger partial charge in [0.05, 0.1) is 0 Å². The Labute approximate surface area is 161 Å². The largest absolute Gasteiger partial charge is 0.0853 e. The van der Waals surface area contributed by atoms with Crippen molar-refractivity contribution < 1.29 is 0 Å². The fraction of sp³-hybridized carbons (Fsp3) is 0.920. The molecular formula is C25H50. The number of hydrogen-bond acceptors (Lipinski definition) is 0. The van der Waals surface area contributed by atoms with E-state index in [1.54, 1.807) is 5.57 Å². The van der Waals surface area contributed by atoms with Gasteiger partial charge >= 0.3 is 0 Å². The van der Waals surface area contributed by atoms with Crippen molar-refractivity contribution in [3.63, 3.8) is 0 Å². The maximum Gasteiger partial charge on any atom is -0.0263 e. The highest BCUT2D eigenvalue weighted by Gasteiger charge is 2.33. The normalized spacial score (nSPS) is 20.4. The van der Waals surface area contributed by atoms with Crippen molar-refractivity contribution in [1.82, 2.24) is 0 Å². The van der Waals surface area contributed by atoms with Crippen LogP contribution in [0.25, 0.3) is 0 Å². The van der Waals surface area contributed by atoms with E-state index in [0.717, 1.165) is 41.4 Å². The maximum atomic E-state index is 2.54. The second-order valence-corrected chi connectivity index (χ2v) is 9.92. The van der Waals surface area contributed by atoms with Crippen LogP contribution in [0.2, 0.25) is 0 Å². The van der Waals surface area contributed by atoms with Crippen molar-refractivity contribution in [3.05, 3.63) is 11.6 Å². The molecule has 0 aliphatic carbocycles. The summed E-state index contributed by atoms with van der Waals surface area (Å²) < 4.78 is 0. The Kier molecular flexibility index (Phi) is 12.1. The Morgan fingerprint density at radius 2 is 1.36 bits per heavy atom. The van der Waals surface area contributed by atoms with Crippen LogP contribution in [0.1, 0.15) is 102 Å². The number of allylic oxidation sites excluding steroid dienone is 2. The molecule has 25 heavy (non-hydrogen) atoms. The van der Waals surface area contributed by atoms with Crippen molar-refractivity contribution in [2.75, 3.05) is 0 Å². The van der Waals surface area contributed by atoms with Gasteiger partial charge in [0.2, 0.25) is 0 Å². The summed E-state index contributed by atoms with van der Waals surface area (Å²) in [6.07, 6.45) is 7.76. The van der Waals surface area contributed by atoms with E-state index >= 15 is 0 Å². The fourth-order valence-electron chi connectivity index (χ4n) is 4.45. The molecule has 0 amide bonds. The van der Waals surface area contributed by atoms with E-state index in [1.165, 1.54) is 25.7 Å². The van der Waals surface area contributed by atoms with E-state index in [4.69, 9.17) is 0 Å². The molecule has 0 aliphatic heterocycles. The van der Waals surface area contributed by atoms with Gasteiger partial charge in [0.25, 0.3) is 0 Å². The molecule has 6 unspecified atom stereocenters. The molecule has 150 valence electrons. The van der Waals surface area contributed by atoms with Crippen LogP contribution in [-0.2, 0) is 0 Å². The molecule has 0 aromatic carbocycles. The quantitative estimate of drug-likeness (QED) is 0.309. The van der Waals surface area contributed by atoms with Crippen LogP contribution < -0.4 is 0 Å². The van der Waals surface area contributed by atoms with Gasteiger partial charge in [0.15, 0.2) is 0 Å². The number of rotatable bonds is 12. The summed E-state index contributed by atoms with van der Waals surface area (Å²) in [5.41, 5.74) is 1.55. The topological polar surface area (TPSA) is 0 Å². The SMILES string of the molecule is CCC(C)C(C)C(C(C)CC(C)CCC=C(C)C(C)C)C(C)C(C)C. The predicted octanol–water partition coefficient (Wildman–Crippen LogP) is 8.62. The fourth-order valence-corrected chi connectivity index (χ4v) is 4.45. The third-order valence-corrected chi connectivity index (χ3v) is 7.28. The molecule has 0 radical (unpaired) electrons. The van der Waals surface area contributed by atoms with Gasteiger partial charge in [0, 0.05) is 0 Å². The number of hydrogen-bond donors (Lipinski definition) is 0. The van der Waals surface area contributed by atoms with Gasteiger partial charge in [-0.15, -0.1) is 0 Å². The predicted molar refractivity (Wildman–Crippen MR) is 117 cm³/mol. The molecule has 6 atom stereocenters. The molecule has 0 aromatic heterocycles. The van der Waals surface area contributed by atoms with E-state index < -0.39 is 0 Å². The maximum absolute atomic E-state index is 2.54. The monoisotopic (exact) mass is 350 g/mol. The van der Waals surface area contributed by atoms with E-state index in [0.29, 0.717) is 5.92 Å². The molecule has 0 bridgehead atoms. The lowest BCUT2D eigenvalue weighted by Gasteiger charge is -2.40. The molecule has 0 aliphatic rings. The van der Waals surface area contributed by atoms with E-state index in [2.05, 4.69) is 82.2 Å². The Bertz CT molecular complexity index is 362. The van der Waals surface area contributed by atoms with Gasteiger partial charge in [-0.25, -0.2) is 0 Å². The van der Waals surface area contributed by atoms with E-state index in [9.17, 15) is 0 Å². The minimum absolute atomic E-state index is 0.696. The molecule has 0 nitrogen and oxygen atoms in total. The first-order chi connectivity index (χ1) is 11.5. The summed E-state index contributed by atoms with van der Waals surface area (Å²) in [4.78, 5) is 0. The summed E-state index contributed by atoms with van der Waals surface area (Å²) in [5.74, 6) is 6.46. The van der Waals surface area contributed by atoms with Crippen LogP contribution in [0.5, 0.6) is 0 Å². The smallest absolute Gasteiger partial charge is 0.0263 e. The van der Waals surface area contributed by atoms with Gasteiger partial charge in [-0.1, -0.05) is 87.3 Å². The second kappa shape index (κ2) is 12.2. The molecule has 0 N–H and O–H groups in total. The van der Waals surface area contributed by atoms with Crippen LogP contribution in [0.3, 0.4) is 0 Å². The third-order valence-electron chi connectivity index (χ3n) is 7.28. The van der Waals surface area contributed by atoms with Gasteiger partial charge in [0.1, 0.15) is 0 Å². The summed E-state index contributed by atoms with van der Waals surface area (Å²) >= 11 is 0. The average molecular weight is 351 g/mol. The van der Waals surface area contributed by atoms with Crippen molar-refractivity contribution >= 4 is 0 Å². The van der Waals surface area contributed by atoms with Crippen LogP contribution in [0.4, 0.5) is 0 Å². The lowest BCUT2D eigenvalue weighted by Crippen LogP contribution is -2.33. The zero-order valence-electron chi connectivity index (χ0n) is 19.5. The highest BCUT2D eigenvalue weighted by molar-refractivity contribution is 5.00. The standard InChI is InChI=1S/C25H50/c1-12-20(7)24(11)25(23(10)18(4)5)22(9)16-19(6)14-13-15-21(8)17(2)3/h15,17-20,22-25H,12-14,16H2,1-11H3. The van der Waals surface area contributed by atoms with E-state index in [1.807, 2.05) is 0 Å². The van der Waals surface area contributed by atoms with Gasteiger partial charge in [-0.3, -0.25) is 0 Å². The average Bonchev–Trinajstić information content (AvgIpc) is 2.53. The summed E-state index contributed by atoms with van der Waals surface area (Å²) in [6.45, 7) is 26.6. The lowest BCUT2D eigenvalue weighted by atomic mass is 9.65. The summed E-state index contributed by atoms with van der Waals surface area (Å²) in [5, 5.41) is 0. The highest BCUT2D eigenvalue weighted by atomic mass is 14.4. The van der Waals surface area contributed by atoms with Crippen molar-refractivity contribution in [1.29, 1.82) is 0 Å². The third kappa shape index (κ3) is 8.78. The van der Waals surface area contributed by atoms with Crippen LogP contribution in [0, 0.1) is 47.3 Å². The Morgan fingerprint density at radius 3 is 1.80 bits per heavy atom. The summed E-state index contributed by atoms with van der Waals surface area (Å²) in [6, 6.07) is 0. The van der Waals surface area contributed by atoms with Crippen LogP contribution in [0.15, 0.2) is 11.6 Å². The molecule has 0 fully saturated rings. The van der Waals surface area contributed by atoms with Crippen LogP contribution >= 0.6 is 0 Å². The van der Waals surface area contributed by atoms with Crippen molar-refractivity contribution in [3.8, 4) is 0 Å². The van der Waals surface area contributed by atoms with Crippen LogP contribution in [-0.4, -0.2) is 0 Å². The Hall–Kier alpha value is -0.260. The van der Waals surface area contributed by atoms with Crippen molar-refractivity contribution in [2.24, 2.45) is 47.3 Å². The minimum atomic E-state index is 0.696. The van der Waals surface area contributed by atoms with E-state index in [-0.39, 0.29) is 0 Å². The lowest BCUT2D eigenvalue weighted by molar-refractivity contribution is 0.0903. The first-order valence-corrected chi connectivity index (χ1v) is 11.2. The molecule has 0 saturated carbocycles. The zero-order chi connectivity index (χ0) is 19.7. The first-order valence-electron chi connectivity index (χ1n) is 11.2. The molecule has 0 spiro atoms. The second-order valence-electron chi connectivity index (χ2n) is 9.92. The van der Waals surface area contributed by atoms with Gasteiger partial charge in [-0.05, 0) is 73.5 Å². The molecule has 0 rings (SSSR count). The van der Waals surface area contributed by atoms with Gasteiger partial charge in [-0.2, -0.15) is 0 Å². The Morgan fingerprint density at radius 1 is 0.800 bits per heavy atom. The summed E-state index contributed by atoms with van der Waals surface area (Å²) in [7, 11) is 0. The highest BCUT2D eigenvalue weighted by Crippen LogP contribution is 2.40. The van der Waals surface area contributed by atoms with Crippen molar-refractivity contribution in [2.45, 2.75) is 102 Å². The molecule has 0 aromatic rings. The zero-order valence-corrected chi connectivity index (χ0v) is 19.5. The molecule has 0 heterocycles. The Balaban J connectivity index is 4.85.